The van der Waals surface area contributed by atoms with Crippen LogP contribution in [0.4, 0.5) is 0 Å². The molecule has 0 saturated carbocycles. The van der Waals surface area contributed by atoms with Gasteiger partial charge in [0.1, 0.15) is 6.33 Å². The van der Waals surface area contributed by atoms with E-state index in [1.54, 1.807) is 0 Å². The van der Waals surface area contributed by atoms with E-state index < -0.39 is 5.97 Å². The summed E-state index contributed by atoms with van der Waals surface area (Å²) in [5.41, 5.74) is 0.996. The number of fused-ring (bicyclic) bond motifs is 6. The monoisotopic (exact) mass is 246 g/mol. The number of rotatable bonds is 1. The maximum absolute atomic E-state index is 11.1. The first-order valence-corrected chi connectivity index (χ1v) is 4.70. The molecule has 11 heteroatoms. The average Bonchev–Trinajstić information content (AvgIpc) is 3.06. The van der Waals surface area contributed by atoms with E-state index >= 15 is 0 Å². The Morgan fingerprint density at radius 2 is 1.94 bits per heavy atom. The van der Waals surface area contributed by atoms with Crippen molar-refractivity contribution in [2.75, 3.05) is 0 Å². The quantitative estimate of drug-likeness (QED) is 0.448. The molecule has 4 rings (SSSR count). The van der Waals surface area contributed by atoms with Crippen LogP contribution < -0.4 is 0 Å². The minimum Gasteiger partial charge on any atom is -0.475 e. The van der Waals surface area contributed by atoms with Crippen molar-refractivity contribution < 1.29 is 14.5 Å². The average molecular weight is 246 g/mol. The van der Waals surface area contributed by atoms with Crippen molar-refractivity contribution in [3.8, 4) is 0 Å². The van der Waals surface area contributed by atoms with Crippen molar-refractivity contribution in [1.29, 1.82) is 0 Å². The van der Waals surface area contributed by atoms with Gasteiger partial charge in [0.05, 0.1) is 0 Å². The van der Waals surface area contributed by atoms with Crippen molar-refractivity contribution in [1.82, 2.24) is 39.5 Å². The second-order valence-electron chi connectivity index (χ2n) is 3.42. The summed E-state index contributed by atoms with van der Waals surface area (Å²) < 4.78 is 7.30. The van der Waals surface area contributed by atoms with E-state index in [2.05, 4.69) is 35.3 Å². The molecule has 11 nitrogen and oxygen atoms in total. The first kappa shape index (κ1) is 8.98. The van der Waals surface area contributed by atoms with Gasteiger partial charge in [-0.3, -0.25) is 4.40 Å². The molecule has 1 N–H and O–H groups in total. The molecular formula is C7H2N8O3. The Bertz CT molecular complexity index is 887. The third kappa shape index (κ3) is 0.865. The molecule has 0 bridgehead atoms. The molecule has 0 radical (unpaired) electrons. The van der Waals surface area contributed by atoms with Gasteiger partial charge in [-0.15, -0.1) is 20.4 Å². The summed E-state index contributed by atoms with van der Waals surface area (Å²) in [5, 5.41) is 31.3. The summed E-state index contributed by atoms with van der Waals surface area (Å²) in [6.07, 6.45) is 1.40. The highest BCUT2D eigenvalue weighted by Crippen LogP contribution is 2.17. The lowest BCUT2D eigenvalue weighted by Gasteiger charge is -1.97. The molecule has 0 saturated heterocycles. The maximum Gasteiger partial charge on any atom is 0.374 e. The number of aromatic nitrogens is 8. The normalized spacial score (nSPS) is 11.8. The molecule has 4 aromatic heterocycles. The summed E-state index contributed by atoms with van der Waals surface area (Å²) in [6, 6.07) is 0. The fourth-order valence-electron chi connectivity index (χ4n) is 1.78. The van der Waals surface area contributed by atoms with E-state index in [1.165, 1.54) is 15.1 Å². The molecule has 0 aliphatic heterocycles. The molecule has 88 valence electrons. The number of carboxylic acid groups (broad SMARTS) is 1. The van der Waals surface area contributed by atoms with Crippen LogP contribution in [0.5, 0.6) is 0 Å². The number of carboxylic acids is 1. The van der Waals surface area contributed by atoms with Crippen LogP contribution in [-0.2, 0) is 0 Å². The van der Waals surface area contributed by atoms with Gasteiger partial charge in [-0.25, -0.2) is 13.8 Å². The highest BCUT2D eigenvalue weighted by atomic mass is 16.6. The van der Waals surface area contributed by atoms with Crippen LogP contribution >= 0.6 is 0 Å². The number of aromatic carboxylic acids is 1. The molecule has 0 fully saturated rings. The minimum absolute atomic E-state index is 0.180. The Morgan fingerprint density at radius 3 is 2.78 bits per heavy atom. The molecule has 0 atom stereocenters. The molecule has 18 heavy (non-hydrogen) atoms. The highest BCUT2D eigenvalue weighted by molar-refractivity contribution is 5.89. The van der Waals surface area contributed by atoms with Gasteiger partial charge in [-0.1, -0.05) is 0 Å². The van der Waals surface area contributed by atoms with Gasteiger partial charge in [0.25, 0.3) is 0 Å². The maximum atomic E-state index is 11.1. The van der Waals surface area contributed by atoms with Gasteiger partial charge in [0.15, 0.2) is 0 Å². The minimum atomic E-state index is -1.24. The van der Waals surface area contributed by atoms with E-state index in [9.17, 15) is 4.79 Å². The zero-order valence-corrected chi connectivity index (χ0v) is 8.42. The molecule has 0 amide bonds. The third-order valence-electron chi connectivity index (χ3n) is 2.50. The third-order valence-corrected chi connectivity index (χ3v) is 2.50. The van der Waals surface area contributed by atoms with E-state index in [-0.39, 0.29) is 22.8 Å². The predicted molar refractivity (Wildman–Crippen MR) is 51.9 cm³/mol. The summed E-state index contributed by atoms with van der Waals surface area (Å²) in [7, 11) is 0. The summed E-state index contributed by atoms with van der Waals surface area (Å²) in [6.45, 7) is 0. The van der Waals surface area contributed by atoms with E-state index in [0.717, 1.165) is 0 Å². The van der Waals surface area contributed by atoms with Gasteiger partial charge in [0.2, 0.25) is 28.4 Å². The van der Waals surface area contributed by atoms with Crippen molar-refractivity contribution in [2.45, 2.75) is 0 Å². The van der Waals surface area contributed by atoms with Crippen molar-refractivity contribution in [3.05, 3.63) is 12.2 Å². The summed E-state index contributed by atoms with van der Waals surface area (Å²) >= 11 is 0. The second-order valence-corrected chi connectivity index (χ2v) is 3.42. The Hall–Kier alpha value is -3.11. The molecule has 0 aromatic carbocycles. The Labute approximate surface area is 95.6 Å². The zero-order chi connectivity index (χ0) is 12.3. The molecule has 4 aromatic rings. The first-order valence-electron chi connectivity index (χ1n) is 4.70. The fourth-order valence-corrected chi connectivity index (χ4v) is 1.78. The van der Waals surface area contributed by atoms with Crippen molar-refractivity contribution in [2.24, 2.45) is 0 Å². The van der Waals surface area contributed by atoms with Crippen LogP contribution in [-0.4, -0.2) is 50.6 Å². The Kier molecular flexibility index (Phi) is 1.38. The molecule has 0 spiro atoms. The molecule has 0 unspecified atom stereocenters. The van der Waals surface area contributed by atoms with E-state index in [0.29, 0.717) is 5.65 Å². The Balaban J connectivity index is 2.42. The van der Waals surface area contributed by atoms with E-state index in [4.69, 9.17) is 5.11 Å². The second kappa shape index (κ2) is 2.77. The van der Waals surface area contributed by atoms with Gasteiger partial charge in [-0.2, -0.15) is 0 Å². The predicted octanol–water partition coefficient (Wildman–Crippen LogP) is -0.994. The van der Waals surface area contributed by atoms with Gasteiger partial charge in [0, 0.05) is 0 Å². The van der Waals surface area contributed by atoms with Gasteiger partial charge >= 0.3 is 5.97 Å². The number of hydrogen-bond acceptors (Lipinski definition) is 8. The molecule has 4 heterocycles. The SMILES string of the molecule is O=C(O)c1nnc2c3nncn3c3nonc3n12. The fraction of sp³-hybridized carbons (Fsp3) is 0. The Morgan fingerprint density at radius 1 is 1.11 bits per heavy atom. The smallest absolute Gasteiger partial charge is 0.374 e. The number of hydrogen-bond donors (Lipinski definition) is 1. The first-order chi connectivity index (χ1) is 8.77. The van der Waals surface area contributed by atoms with Crippen LogP contribution in [0.2, 0.25) is 0 Å². The van der Waals surface area contributed by atoms with Crippen molar-refractivity contribution in [3.63, 3.8) is 0 Å². The van der Waals surface area contributed by atoms with Crippen LogP contribution in [0, 0.1) is 0 Å². The lowest BCUT2D eigenvalue weighted by Crippen LogP contribution is -2.06. The summed E-state index contributed by atoms with van der Waals surface area (Å²) in [4.78, 5) is 11.1. The molecular weight excluding hydrogens is 244 g/mol. The lowest BCUT2D eigenvalue weighted by molar-refractivity contribution is 0.0682. The van der Waals surface area contributed by atoms with Crippen LogP contribution in [0.3, 0.4) is 0 Å². The zero-order valence-electron chi connectivity index (χ0n) is 8.42. The van der Waals surface area contributed by atoms with E-state index in [1.807, 2.05) is 0 Å². The number of nitrogens with zero attached hydrogens (tertiary/aromatic N) is 8. The topological polar surface area (TPSA) is 137 Å². The van der Waals surface area contributed by atoms with Gasteiger partial charge < -0.3 is 5.11 Å². The number of carbonyl (C=O) groups is 1. The van der Waals surface area contributed by atoms with Crippen LogP contribution in [0.1, 0.15) is 10.6 Å². The van der Waals surface area contributed by atoms with Gasteiger partial charge in [-0.05, 0) is 10.3 Å². The summed E-state index contributed by atoms with van der Waals surface area (Å²) in [5.74, 6) is -1.54. The van der Waals surface area contributed by atoms with Crippen LogP contribution in [0.15, 0.2) is 11.0 Å². The lowest BCUT2D eigenvalue weighted by atomic mass is 10.5. The van der Waals surface area contributed by atoms with Crippen LogP contribution in [0.25, 0.3) is 22.6 Å². The van der Waals surface area contributed by atoms with Crippen molar-refractivity contribution >= 4 is 28.6 Å². The molecule has 0 aliphatic carbocycles. The standard InChI is InChI=1S/C7H2N8O3/c16-7(17)6-11-10-3-2-9-8-1-14(2)4-5(15(3)6)13-18-12-4/h1H,(H,16,17). The molecule has 0 aliphatic rings. The highest BCUT2D eigenvalue weighted by Gasteiger charge is 2.22. The largest absolute Gasteiger partial charge is 0.475 e.